The Morgan fingerprint density at radius 2 is 1.93 bits per heavy atom. The van der Waals surface area contributed by atoms with Crippen molar-refractivity contribution in [2.75, 3.05) is 13.2 Å². The number of quaternary nitrogens is 1. The fourth-order valence-corrected chi connectivity index (χ4v) is 4.55. The van der Waals surface area contributed by atoms with E-state index in [0.29, 0.717) is 18.5 Å². The number of carboxylic acid groups (broad SMARTS) is 1. The number of rotatable bonds is 13. The highest BCUT2D eigenvalue weighted by molar-refractivity contribution is 5.64. The summed E-state index contributed by atoms with van der Waals surface area (Å²) in [6.07, 6.45) is 11.2. The van der Waals surface area contributed by atoms with Gasteiger partial charge in [-0.25, -0.2) is 4.99 Å². The van der Waals surface area contributed by atoms with Gasteiger partial charge in [-0.15, -0.1) is 0 Å². The smallest absolute Gasteiger partial charge is 0.171 e. The van der Waals surface area contributed by atoms with Crippen LogP contribution in [0.1, 0.15) is 77.6 Å². The number of nitrogens with zero attached hydrogens (tertiary/aromatic N) is 1. The first-order chi connectivity index (χ1) is 13.5. The molecule has 0 aliphatic carbocycles. The first-order valence-electron chi connectivity index (χ1n) is 11.1. The fraction of sp³-hybridized carbons (Fsp3) is 0.905. The Morgan fingerprint density at radius 1 is 1.25 bits per heavy atom. The molecular formula is C21H39N3O4. The number of piperidine rings is 1. The molecule has 0 bridgehead atoms. The minimum Gasteiger partial charge on any atom is -0.550 e. The third-order valence-corrected chi connectivity index (χ3v) is 6.29. The van der Waals surface area contributed by atoms with Crippen LogP contribution in [0.3, 0.4) is 0 Å². The molecule has 4 N–H and O–H groups in total. The first-order valence-corrected chi connectivity index (χ1v) is 11.1. The average molecular weight is 398 g/mol. The number of aliphatic carboxylic acids is 1. The molecule has 0 aromatic rings. The normalized spacial score (nSPS) is 31.2. The monoisotopic (exact) mass is 397 g/mol. The van der Waals surface area contributed by atoms with Gasteiger partial charge in [-0.1, -0.05) is 44.9 Å². The Hall–Kier alpha value is -1.02. The lowest BCUT2D eigenvalue weighted by molar-refractivity contribution is -0.914. The van der Waals surface area contributed by atoms with Crippen LogP contribution in [-0.4, -0.2) is 65.9 Å². The molecule has 0 aromatic carbocycles. The molecule has 0 aromatic heterocycles. The Morgan fingerprint density at radius 3 is 2.57 bits per heavy atom. The zero-order chi connectivity index (χ0) is 20.4. The molecule has 6 unspecified atom stereocenters. The molecular weight excluding hydrogens is 358 g/mol. The van der Waals surface area contributed by atoms with E-state index >= 15 is 0 Å². The van der Waals surface area contributed by atoms with Crippen molar-refractivity contribution in [2.24, 2.45) is 4.99 Å². The fourth-order valence-electron chi connectivity index (χ4n) is 4.55. The van der Waals surface area contributed by atoms with Gasteiger partial charge in [-0.2, -0.15) is 0 Å². The third-order valence-electron chi connectivity index (χ3n) is 6.29. The van der Waals surface area contributed by atoms with Crippen molar-refractivity contribution in [1.82, 2.24) is 5.32 Å². The van der Waals surface area contributed by atoms with Crippen molar-refractivity contribution in [2.45, 2.75) is 108 Å². The van der Waals surface area contributed by atoms with Gasteiger partial charge < -0.3 is 30.3 Å². The van der Waals surface area contributed by atoms with Crippen molar-refractivity contribution in [1.29, 1.82) is 0 Å². The maximum absolute atomic E-state index is 10.4. The van der Waals surface area contributed by atoms with E-state index in [-0.39, 0.29) is 18.6 Å². The molecule has 2 aliphatic rings. The number of hydrogen-bond acceptors (Lipinski definition) is 6. The van der Waals surface area contributed by atoms with Gasteiger partial charge in [0.05, 0.1) is 24.5 Å². The average Bonchev–Trinajstić information content (AvgIpc) is 3.16. The van der Waals surface area contributed by atoms with E-state index in [1.54, 1.807) is 0 Å². The Balaban J connectivity index is 1.53. The molecule has 0 saturated carbocycles. The Kier molecular flexibility index (Phi) is 10.4. The van der Waals surface area contributed by atoms with E-state index in [9.17, 15) is 20.1 Å². The largest absolute Gasteiger partial charge is 0.550 e. The van der Waals surface area contributed by atoms with Gasteiger partial charge in [0.25, 0.3) is 0 Å². The van der Waals surface area contributed by atoms with Gasteiger partial charge in [-0.05, 0) is 19.8 Å². The van der Waals surface area contributed by atoms with E-state index in [4.69, 9.17) is 0 Å². The minimum atomic E-state index is -1.18. The molecule has 0 amide bonds. The molecule has 2 aliphatic heterocycles. The SMILES string of the molecule is CC1NC(CCCCCCCCCC(O)CC(=O)[O-])C([NH+]2CC=NC2)CC1O. The number of carboxylic acids is 1. The molecule has 162 valence electrons. The topological polar surface area (TPSA) is 109 Å². The van der Waals surface area contributed by atoms with E-state index < -0.39 is 12.1 Å². The summed E-state index contributed by atoms with van der Waals surface area (Å²) >= 11 is 0. The summed E-state index contributed by atoms with van der Waals surface area (Å²) in [5.41, 5.74) is 0. The zero-order valence-corrected chi connectivity index (χ0v) is 17.3. The summed E-state index contributed by atoms with van der Waals surface area (Å²) in [5, 5.41) is 33.8. The van der Waals surface area contributed by atoms with E-state index in [1.165, 1.54) is 30.6 Å². The summed E-state index contributed by atoms with van der Waals surface area (Å²) in [7, 11) is 0. The molecule has 6 atom stereocenters. The van der Waals surface area contributed by atoms with Crippen LogP contribution in [0, 0.1) is 0 Å². The highest BCUT2D eigenvalue weighted by Crippen LogP contribution is 2.18. The standard InChI is InChI=1S/C21H39N3O4/c1-16-20(26)14-19(24-12-11-22-15-24)18(23-16)10-8-6-4-2-3-5-7-9-17(25)13-21(27)28/h11,16-20,23,25-26H,2-10,12-15H2,1H3,(H,27,28). The van der Waals surface area contributed by atoms with Crippen LogP contribution < -0.4 is 15.3 Å². The summed E-state index contributed by atoms with van der Waals surface area (Å²) < 4.78 is 0. The van der Waals surface area contributed by atoms with Crippen LogP contribution in [0.2, 0.25) is 0 Å². The summed E-state index contributed by atoms with van der Waals surface area (Å²) in [4.78, 5) is 16.2. The molecule has 28 heavy (non-hydrogen) atoms. The highest BCUT2D eigenvalue weighted by Gasteiger charge is 2.39. The molecule has 7 nitrogen and oxygen atoms in total. The number of nitrogens with one attached hydrogen (secondary N) is 2. The number of carbonyl (C=O) groups is 1. The number of aliphatic hydroxyl groups is 2. The second kappa shape index (κ2) is 12.5. The highest BCUT2D eigenvalue weighted by atomic mass is 16.4. The maximum atomic E-state index is 10.4. The summed E-state index contributed by atoms with van der Waals surface area (Å²) in [6, 6.07) is 1.07. The van der Waals surface area contributed by atoms with Crippen LogP contribution in [-0.2, 0) is 4.79 Å². The van der Waals surface area contributed by atoms with Gasteiger partial charge in [-0.3, -0.25) is 0 Å². The van der Waals surface area contributed by atoms with Gasteiger partial charge in [0.15, 0.2) is 6.67 Å². The second-order valence-electron chi connectivity index (χ2n) is 8.64. The first kappa shape index (κ1) is 23.3. The second-order valence-corrected chi connectivity index (χ2v) is 8.64. The van der Waals surface area contributed by atoms with Crippen molar-refractivity contribution >= 4 is 12.2 Å². The van der Waals surface area contributed by atoms with Crippen molar-refractivity contribution in [3.8, 4) is 0 Å². The lowest BCUT2D eigenvalue weighted by Gasteiger charge is -2.41. The third kappa shape index (κ3) is 8.15. The van der Waals surface area contributed by atoms with E-state index in [1.807, 2.05) is 6.21 Å². The van der Waals surface area contributed by atoms with Gasteiger partial charge >= 0.3 is 0 Å². The predicted octanol–water partition coefficient (Wildman–Crippen LogP) is -0.595. The van der Waals surface area contributed by atoms with Crippen LogP contribution in [0.5, 0.6) is 0 Å². The van der Waals surface area contributed by atoms with Crippen molar-refractivity contribution in [3.05, 3.63) is 0 Å². The van der Waals surface area contributed by atoms with Crippen LogP contribution in [0.25, 0.3) is 0 Å². The molecule has 0 radical (unpaired) electrons. The molecule has 7 heteroatoms. The Labute approximate surface area is 169 Å². The van der Waals surface area contributed by atoms with E-state index in [0.717, 1.165) is 45.3 Å². The zero-order valence-electron chi connectivity index (χ0n) is 17.3. The molecule has 1 saturated heterocycles. The lowest BCUT2D eigenvalue weighted by Crippen LogP contribution is -3.16. The van der Waals surface area contributed by atoms with E-state index in [2.05, 4.69) is 17.2 Å². The molecule has 1 fully saturated rings. The van der Waals surface area contributed by atoms with Crippen LogP contribution >= 0.6 is 0 Å². The van der Waals surface area contributed by atoms with Crippen molar-refractivity contribution in [3.63, 3.8) is 0 Å². The minimum absolute atomic E-state index is 0.163. The molecule has 0 spiro atoms. The predicted molar refractivity (Wildman–Crippen MR) is 107 cm³/mol. The van der Waals surface area contributed by atoms with Crippen molar-refractivity contribution < 1.29 is 25.0 Å². The molecule has 2 heterocycles. The number of aliphatic imine (C=N–C) groups is 1. The molecule has 2 rings (SSSR count). The van der Waals surface area contributed by atoms with Gasteiger partial charge in [0.1, 0.15) is 12.6 Å². The number of carbonyl (C=O) groups excluding carboxylic acids is 1. The van der Waals surface area contributed by atoms with Crippen LogP contribution in [0.4, 0.5) is 0 Å². The van der Waals surface area contributed by atoms with Gasteiger partial charge in [0, 0.05) is 24.9 Å². The lowest BCUT2D eigenvalue weighted by atomic mass is 9.87. The number of hydrogen-bond donors (Lipinski definition) is 4. The van der Waals surface area contributed by atoms with Gasteiger partial charge in [0.2, 0.25) is 0 Å². The number of aliphatic hydroxyl groups excluding tert-OH is 2. The van der Waals surface area contributed by atoms with Crippen LogP contribution in [0.15, 0.2) is 4.99 Å². The number of unbranched alkanes of at least 4 members (excludes halogenated alkanes) is 6. The Bertz CT molecular complexity index is 480. The summed E-state index contributed by atoms with van der Waals surface area (Å²) in [5.74, 6) is -1.18. The quantitative estimate of drug-likeness (QED) is 0.311. The maximum Gasteiger partial charge on any atom is 0.171 e. The summed E-state index contributed by atoms with van der Waals surface area (Å²) in [6.45, 7) is 3.89.